The fraction of sp³-hybridized carbons (Fsp3) is 0.316. The fourth-order valence-electron chi connectivity index (χ4n) is 2.67. The number of hydrogen-bond acceptors (Lipinski definition) is 4. The molecule has 0 aromatic heterocycles. The Morgan fingerprint density at radius 2 is 1.81 bits per heavy atom. The van der Waals surface area contributed by atoms with Gasteiger partial charge in [-0.25, -0.2) is 13.1 Å². The van der Waals surface area contributed by atoms with Gasteiger partial charge in [0.25, 0.3) is 0 Å². The Morgan fingerprint density at radius 1 is 1.11 bits per heavy atom. The molecule has 0 radical (unpaired) electrons. The molecular formula is C19H26ClN3O3S. The van der Waals surface area contributed by atoms with Crippen molar-refractivity contribution in [1.82, 2.24) is 4.72 Å². The van der Waals surface area contributed by atoms with Gasteiger partial charge in [-0.3, -0.25) is 4.79 Å². The Labute approximate surface area is 167 Å². The van der Waals surface area contributed by atoms with E-state index in [1.165, 1.54) is 12.1 Å². The smallest absolute Gasteiger partial charge is 0.240 e. The first-order valence-electron chi connectivity index (χ1n) is 8.63. The van der Waals surface area contributed by atoms with Crippen LogP contribution in [0.2, 0.25) is 0 Å². The minimum atomic E-state index is -3.64. The van der Waals surface area contributed by atoms with Crippen LogP contribution >= 0.6 is 12.4 Å². The Bertz CT molecular complexity index is 829. The van der Waals surface area contributed by atoms with Gasteiger partial charge in [0, 0.05) is 18.8 Å². The highest BCUT2D eigenvalue weighted by Gasteiger charge is 2.20. The Balaban J connectivity index is 0.00000364. The molecule has 0 aliphatic carbocycles. The molecule has 0 heterocycles. The Morgan fingerprint density at radius 3 is 2.44 bits per heavy atom. The molecule has 2 aromatic rings. The topological polar surface area (TPSA) is 101 Å². The van der Waals surface area contributed by atoms with Crippen molar-refractivity contribution in [3.8, 4) is 0 Å². The standard InChI is InChI=1S/C19H25N3O3S.ClH/c1-2-7-18(15-8-4-3-5-9-15)19(23)22-16-10-6-11-17(14-16)26(24,25)21-13-12-20;/h3-6,8-11,14,18,21H,2,7,12-13,20H2,1H3,(H,22,23);1H. The lowest BCUT2D eigenvalue weighted by Gasteiger charge is -2.17. The third-order valence-corrected chi connectivity index (χ3v) is 5.40. The van der Waals surface area contributed by atoms with Crippen molar-refractivity contribution >= 4 is 34.0 Å². The van der Waals surface area contributed by atoms with Crippen molar-refractivity contribution in [2.24, 2.45) is 5.73 Å². The van der Waals surface area contributed by atoms with Crippen molar-refractivity contribution < 1.29 is 13.2 Å². The summed E-state index contributed by atoms with van der Waals surface area (Å²) >= 11 is 0. The molecule has 0 aliphatic heterocycles. The van der Waals surface area contributed by atoms with Gasteiger partial charge in [0.1, 0.15) is 0 Å². The second-order valence-electron chi connectivity index (χ2n) is 5.96. The number of hydrogen-bond donors (Lipinski definition) is 3. The number of benzene rings is 2. The molecule has 1 atom stereocenters. The van der Waals surface area contributed by atoms with E-state index in [1.807, 2.05) is 37.3 Å². The third kappa shape index (κ3) is 6.62. The summed E-state index contributed by atoms with van der Waals surface area (Å²) < 4.78 is 26.8. The van der Waals surface area contributed by atoms with Gasteiger partial charge >= 0.3 is 0 Å². The summed E-state index contributed by atoms with van der Waals surface area (Å²) in [5, 5.41) is 2.84. The van der Waals surface area contributed by atoms with E-state index < -0.39 is 10.0 Å². The lowest BCUT2D eigenvalue weighted by atomic mass is 9.93. The Hall–Kier alpha value is -1.93. The SMILES string of the molecule is CCCC(C(=O)Nc1cccc(S(=O)(=O)NCCN)c1)c1ccccc1.Cl. The minimum absolute atomic E-state index is 0. The summed E-state index contributed by atoms with van der Waals surface area (Å²) in [6, 6.07) is 15.8. The molecule has 0 spiro atoms. The van der Waals surface area contributed by atoms with Crippen LogP contribution in [0.3, 0.4) is 0 Å². The molecule has 0 bridgehead atoms. The number of amides is 1. The molecule has 1 amide bonds. The molecule has 2 aromatic carbocycles. The number of carbonyl (C=O) groups is 1. The molecule has 0 aliphatic rings. The van der Waals surface area contributed by atoms with E-state index in [9.17, 15) is 13.2 Å². The molecule has 0 saturated heterocycles. The highest BCUT2D eigenvalue weighted by atomic mass is 35.5. The lowest BCUT2D eigenvalue weighted by molar-refractivity contribution is -0.117. The molecular weight excluding hydrogens is 386 g/mol. The lowest BCUT2D eigenvalue weighted by Crippen LogP contribution is -2.29. The van der Waals surface area contributed by atoms with Gasteiger partial charge in [-0.2, -0.15) is 0 Å². The van der Waals surface area contributed by atoms with Gasteiger partial charge in [-0.05, 0) is 30.2 Å². The van der Waals surface area contributed by atoms with Gasteiger partial charge < -0.3 is 11.1 Å². The maximum Gasteiger partial charge on any atom is 0.240 e. The number of anilines is 1. The average molecular weight is 412 g/mol. The van der Waals surface area contributed by atoms with Crippen LogP contribution in [-0.2, 0) is 14.8 Å². The van der Waals surface area contributed by atoms with E-state index in [2.05, 4.69) is 10.0 Å². The van der Waals surface area contributed by atoms with Crippen LogP contribution in [0.15, 0.2) is 59.5 Å². The Kier molecular flexibility index (Phi) is 9.45. The van der Waals surface area contributed by atoms with E-state index >= 15 is 0 Å². The van der Waals surface area contributed by atoms with Crippen LogP contribution in [0.4, 0.5) is 5.69 Å². The second kappa shape index (κ2) is 11.0. The normalized spacial score (nSPS) is 12.1. The number of carbonyl (C=O) groups excluding carboxylic acids is 1. The van der Waals surface area contributed by atoms with Crippen LogP contribution in [0.5, 0.6) is 0 Å². The van der Waals surface area contributed by atoms with E-state index in [0.717, 1.165) is 12.0 Å². The van der Waals surface area contributed by atoms with Gasteiger partial charge in [0.2, 0.25) is 15.9 Å². The summed E-state index contributed by atoms with van der Waals surface area (Å²) in [5.74, 6) is -0.431. The van der Waals surface area contributed by atoms with E-state index in [1.54, 1.807) is 12.1 Å². The van der Waals surface area contributed by atoms with Gasteiger partial charge in [-0.1, -0.05) is 49.7 Å². The first kappa shape index (κ1) is 23.1. The number of sulfonamides is 1. The van der Waals surface area contributed by atoms with Crippen molar-refractivity contribution in [2.45, 2.75) is 30.6 Å². The number of halogens is 1. The third-order valence-electron chi connectivity index (χ3n) is 3.94. The molecule has 27 heavy (non-hydrogen) atoms. The number of nitrogens with two attached hydrogens (primary N) is 1. The molecule has 148 valence electrons. The molecule has 0 fully saturated rings. The summed E-state index contributed by atoms with van der Waals surface area (Å²) in [6.07, 6.45) is 1.58. The monoisotopic (exact) mass is 411 g/mol. The fourth-order valence-corrected chi connectivity index (χ4v) is 3.76. The van der Waals surface area contributed by atoms with E-state index in [4.69, 9.17) is 5.73 Å². The summed E-state index contributed by atoms with van der Waals surface area (Å²) in [6.45, 7) is 2.40. The average Bonchev–Trinajstić information content (AvgIpc) is 2.65. The molecule has 6 nitrogen and oxygen atoms in total. The molecule has 1 unspecified atom stereocenters. The largest absolute Gasteiger partial charge is 0.329 e. The van der Waals surface area contributed by atoms with Crippen molar-refractivity contribution in [1.29, 1.82) is 0 Å². The van der Waals surface area contributed by atoms with Crippen molar-refractivity contribution in [2.75, 3.05) is 18.4 Å². The molecule has 4 N–H and O–H groups in total. The molecule has 8 heteroatoms. The van der Waals surface area contributed by atoms with E-state index in [0.29, 0.717) is 12.1 Å². The number of rotatable bonds is 9. The maximum absolute atomic E-state index is 12.7. The first-order chi connectivity index (χ1) is 12.5. The van der Waals surface area contributed by atoms with Gasteiger partial charge in [0.15, 0.2) is 0 Å². The zero-order chi connectivity index (χ0) is 19.0. The predicted octanol–water partition coefficient (Wildman–Crippen LogP) is 2.87. The van der Waals surface area contributed by atoms with Crippen LogP contribution in [0.1, 0.15) is 31.2 Å². The molecule has 0 saturated carbocycles. The second-order valence-corrected chi connectivity index (χ2v) is 7.72. The van der Waals surface area contributed by atoms with E-state index in [-0.39, 0.29) is 42.2 Å². The van der Waals surface area contributed by atoms with Crippen LogP contribution < -0.4 is 15.8 Å². The highest BCUT2D eigenvalue weighted by Crippen LogP contribution is 2.24. The van der Waals surface area contributed by atoms with Crippen LogP contribution in [0.25, 0.3) is 0 Å². The molecule has 2 rings (SSSR count). The summed E-state index contributed by atoms with van der Waals surface area (Å²) in [5.41, 5.74) is 6.73. The van der Waals surface area contributed by atoms with Crippen LogP contribution in [-0.4, -0.2) is 27.4 Å². The maximum atomic E-state index is 12.7. The highest BCUT2D eigenvalue weighted by molar-refractivity contribution is 7.89. The minimum Gasteiger partial charge on any atom is -0.329 e. The van der Waals surface area contributed by atoms with Gasteiger partial charge in [0.05, 0.1) is 10.8 Å². The van der Waals surface area contributed by atoms with Crippen molar-refractivity contribution in [3.63, 3.8) is 0 Å². The first-order valence-corrected chi connectivity index (χ1v) is 10.1. The van der Waals surface area contributed by atoms with Gasteiger partial charge in [-0.15, -0.1) is 12.4 Å². The summed E-state index contributed by atoms with van der Waals surface area (Å²) in [4.78, 5) is 12.8. The zero-order valence-corrected chi connectivity index (χ0v) is 16.9. The number of nitrogens with one attached hydrogen (secondary N) is 2. The quantitative estimate of drug-likeness (QED) is 0.590. The van der Waals surface area contributed by atoms with Crippen LogP contribution in [0, 0.1) is 0 Å². The predicted molar refractivity (Wildman–Crippen MR) is 111 cm³/mol. The zero-order valence-electron chi connectivity index (χ0n) is 15.2. The van der Waals surface area contributed by atoms with Crippen molar-refractivity contribution in [3.05, 3.63) is 60.2 Å². The summed E-state index contributed by atoms with van der Waals surface area (Å²) in [7, 11) is -3.64.